The number of aliphatic imine (C=N–C) groups is 1. The number of nitrogens with zero attached hydrogens (tertiary/aromatic N) is 2. The van der Waals surface area contributed by atoms with Crippen molar-refractivity contribution in [3.05, 3.63) is 65.2 Å². The molecule has 4 rings (SSSR count). The van der Waals surface area contributed by atoms with Crippen LogP contribution >= 0.6 is 0 Å². The van der Waals surface area contributed by atoms with Gasteiger partial charge >= 0.3 is 12.3 Å². The number of ether oxygens (including phenoxy) is 1. The predicted octanol–water partition coefficient (Wildman–Crippen LogP) is 6.90. The number of halogens is 3. The first-order valence-electron chi connectivity index (χ1n) is 15.0. The van der Waals surface area contributed by atoms with Crippen molar-refractivity contribution in [2.24, 2.45) is 16.3 Å². The second-order valence-electron chi connectivity index (χ2n) is 12.7. The molecule has 1 spiro atoms. The highest BCUT2D eigenvalue weighted by Gasteiger charge is 2.52. The van der Waals surface area contributed by atoms with Gasteiger partial charge < -0.3 is 20.1 Å². The lowest BCUT2D eigenvalue weighted by Crippen LogP contribution is -2.51. The van der Waals surface area contributed by atoms with Gasteiger partial charge in [-0.3, -0.25) is 19.4 Å². The van der Waals surface area contributed by atoms with Crippen molar-refractivity contribution in [3.8, 4) is 5.75 Å². The van der Waals surface area contributed by atoms with Crippen LogP contribution in [0.1, 0.15) is 100 Å². The van der Waals surface area contributed by atoms with E-state index in [1.807, 2.05) is 11.8 Å². The number of hydrogen-bond acceptors (Lipinski definition) is 5. The average molecular weight is 616 g/mol. The number of rotatable bonds is 10. The average Bonchev–Trinajstić information content (AvgIpc) is 3.21. The van der Waals surface area contributed by atoms with E-state index in [0.717, 1.165) is 24.8 Å². The van der Waals surface area contributed by atoms with Crippen molar-refractivity contribution in [3.63, 3.8) is 0 Å². The molecule has 238 valence electrons. The fraction of sp³-hybridized carbons (Fsp3) is 0.515. The Bertz CT molecular complexity index is 1390. The summed E-state index contributed by atoms with van der Waals surface area (Å²) in [5, 5.41) is 11.4. The summed E-state index contributed by atoms with van der Waals surface area (Å²) in [5.74, 6) is -1.75. The van der Waals surface area contributed by atoms with Crippen molar-refractivity contribution < 1.29 is 37.4 Å². The number of amides is 2. The van der Waals surface area contributed by atoms with Gasteiger partial charge in [-0.05, 0) is 73.3 Å². The molecule has 1 heterocycles. The topological polar surface area (TPSA) is 108 Å². The maximum atomic E-state index is 14.3. The number of carbonyl (C=O) groups excluding carboxylic acids is 2. The quantitative estimate of drug-likeness (QED) is 0.303. The molecule has 1 aliphatic heterocycles. The van der Waals surface area contributed by atoms with Gasteiger partial charge in [0.15, 0.2) is 0 Å². The van der Waals surface area contributed by atoms with Gasteiger partial charge in [-0.15, -0.1) is 13.2 Å². The molecule has 0 bridgehead atoms. The van der Waals surface area contributed by atoms with Crippen LogP contribution in [0.3, 0.4) is 0 Å². The first-order valence-corrected chi connectivity index (χ1v) is 15.0. The van der Waals surface area contributed by atoms with E-state index >= 15 is 0 Å². The van der Waals surface area contributed by atoms with Crippen molar-refractivity contribution in [1.82, 2.24) is 10.2 Å². The fourth-order valence-electron chi connectivity index (χ4n) is 6.33. The molecule has 1 saturated carbocycles. The Balaban J connectivity index is 1.69. The predicted molar refractivity (Wildman–Crippen MR) is 159 cm³/mol. The summed E-state index contributed by atoms with van der Waals surface area (Å²) in [4.78, 5) is 44.5. The highest BCUT2D eigenvalue weighted by Crippen LogP contribution is 2.50. The van der Waals surface area contributed by atoms with Crippen LogP contribution in [0.15, 0.2) is 53.5 Å². The van der Waals surface area contributed by atoms with Gasteiger partial charge in [0.25, 0.3) is 11.8 Å². The maximum absolute atomic E-state index is 14.3. The molecule has 2 aromatic carbocycles. The Kier molecular flexibility index (Phi) is 9.75. The minimum absolute atomic E-state index is 0.00403. The molecule has 2 N–H and O–H groups in total. The van der Waals surface area contributed by atoms with Crippen molar-refractivity contribution >= 4 is 23.5 Å². The molecule has 44 heavy (non-hydrogen) atoms. The molecule has 2 aliphatic rings. The van der Waals surface area contributed by atoms with E-state index < -0.39 is 35.7 Å². The third-order valence-corrected chi connectivity index (χ3v) is 8.60. The van der Waals surface area contributed by atoms with Gasteiger partial charge in [-0.25, -0.2) is 0 Å². The Morgan fingerprint density at radius 1 is 1.11 bits per heavy atom. The molecule has 2 amide bonds. The van der Waals surface area contributed by atoms with E-state index in [1.54, 1.807) is 30.3 Å². The van der Waals surface area contributed by atoms with Gasteiger partial charge in [-0.2, -0.15) is 0 Å². The van der Waals surface area contributed by atoms with Crippen LogP contribution in [0.25, 0.3) is 0 Å². The van der Waals surface area contributed by atoms with E-state index in [-0.39, 0.29) is 35.6 Å². The number of benzene rings is 2. The highest BCUT2D eigenvalue weighted by molar-refractivity contribution is 6.46. The zero-order valence-electron chi connectivity index (χ0n) is 25.5. The first kappa shape index (κ1) is 33.0. The van der Waals surface area contributed by atoms with E-state index in [0.29, 0.717) is 30.7 Å². The van der Waals surface area contributed by atoms with E-state index in [2.05, 4.69) is 30.8 Å². The van der Waals surface area contributed by atoms with Crippen molar-refractivity contribution in [2.75, 3.05) is 6.54 Å². The standard InChI is InChI=1S/C33H40F3N3O5/c1-5-7-26(21-10-12-22(13-11-21)29(42)37-19-16-27(40)41)39-30(43)28(23-8-6-9-25(20-23)44-33(34,35)36)38-32(39)17-14-24(15-18-32)31(2,3)4/h6,8-13,20,24,26H,5,7,14-19H2,1-4H3,(H,37,42)(H,40,41). The molecule has 0 radical (unpaired) electrons. The van der Waals surface area contributed by atoms with Crippen LogP contribution in [0, 0.1) is 11.3 Å². The summed E-state index contributed by atoms with van der Waals surface area (Å²) >= 11 is 0. The number of carboxylic acid groups (broad SMARTS) is 1. The van der Waals surface area contributed by atoms with Crippen molar-refractivity contribution in [1.29, 1.82) is 0 Å². The molecule has 0 aromatic heterocycles. The normalized spacial score (nSPS) is 21.2. The Hall–Kier alpha value is -3.89. The largest absolute Gasteiger partial charge is 0.573 e. The van der Waals surface area contributed by atoms with E-state index in [9.17, 15) is 27.6 Å². The molecule has 1 fully saturated rings. The molecule has 0 saturated heterocycles. The third kappa shape index (κ3) is 7.60. The lowest BCUT2D eigenvalue weighted by molar-refractivity contribution is -0.274. The summed E-state index contributed by atoms with van der Waals surface area (Å²) < 4.78 is 43.1. The number of nitrogens with one attached hydrogen (secondary N) is 1. The maximum Gasteiger partial charge on any atom is 0.573 e. The zero-order valence-corrected chi connectivity index (χ0v) is 25.5. The van der Waals surface area contributed by atoms with E-state index in [4.69, 9.17) is 10.1 Å². The van der Waals surface area contributed by atoms with Crippen LogP contribution in [0.4, 0.5) is 13.2 Å². The van der Waals surface area contributed by atoms with Gasteiger partial charge in [0.2, 0.25) is 0 Å². The van der Waals surface area contributed by atoms with Crippen LogP contribution in [0.2, 0.25) is 0 Å². The molecule has 1 unspecified atom stereocenters. The Morgan fingerprint density at radius 3 is 2.34 bits per heavy atom. The summed E-state index contributed by atoms with van der Waals surface area (Å²) in [6.07, 6.45) is -0.780. The van der Waals surface area contributed by atoms with Crippen molar-refractivity contribution in [2.45, 2.75) is 90.7 Å². The lowest BCUT2D eigenvalue weighted by atomic mass is 9.69. The van der Waals surface area contributed by atoms with Gasteiger partial charge in [0, 0.05) is 17.7 Å². The lowest BCUT2D eigenvalue weighted by Gasteiger charge is -2.47. The Labute approximate surface area is 255 Å². The second kappa shape index (κ2) is 13.0. The molecule has 2 aromatic rings. The minimum atomic E-state index is -4.87. The fourth-order valence-corrected chi connectivity index (χ4v) is 6.33. The number of aliphatic carboxylic acids is 1. The number of alkyl halides is 3. The molecular weight excluding hydrogens is 575 g/mol. The summed E-state index contributed by atoms with van der Waals surface area (Å²) in [6, 6.07) is 11.9. The SMILES string of the molecule is CCCC(c1ccc(C(=O)NCCC(=O)O)cc1)N1C(=O)C(c2cccc(OC(F)(F)F)c2)=NC12CCC(C(C)(C)C)CC2. The number of carboxylic acids is 1. The van der Waals surface area contributed by atoms with Gasteiger partial charge in [0.05, 0.1) is 12.5 Å². The van der Waals surface area contributed by atoms with Crippen LogP contribution in [-0.2, 0) is 9.59 Å². The minimum Gasteiger partial charge on any atom is -0.481 e. The van der Waals surface area contributed by atoms with Crippen LogP contribution < -0.4 is 10.1 Å². The summed E-state index contributed by atoms with van der Waals surface area (Å²) in [5.41, 5.74) is 0.768. The highest BCUT2D eigenvalue weighted by atomic mass is 19.4. The molecule has 1 aliphatic carbocycles. The van der Waals surface area contributed by atoms with Gasteiger partial charge in [0.1, 0.15) is 17.1 Å². The molecule has 11 heteroatoms. The third-order valence-electron chi connectivity index (χ3n) is 8.60. The van der Waals surface area contributed by atoms with Gasteiger partial charge in [-0.1, -0.05) is 58.4 Å². The zero-order chi connectivity index (χ0) is 32.3. The second-order valence-corrected chi connectivity index (χ2v) is 12.7. The molecule has 8 nitrogen and oxygen atoms in total. The number of hydrogen-bond donors (Lipinski definition) is 2. The smallest absolute Gasteiger partial charge is 0.481 e. The summed E-state index contributed by atoms with van der Waals surface area (Å²) in [6.45, 7) is 8.62. The first-order chi connectivity index (χ1) is 20.6. The number of carbonyl (C=O) groups is 3. The Morgan fingerprint density at radius 2 is 1.77 bits per heavy atom. The summed E-state index contributed by atoms with van der Waals surface area (Å²) in [7, 11) is 0. The van der Waals surface area contributed by atoms with E-state index in [1.165, 1.54) is 18.2 Å². The van der Waals surface area contributed by atoms with Crippen LogP contribution in [0.5, 0.6) is 5.75 Å². The molecule has 1 atom stereocenters. The molecular formula is C33H40F3N3O5. The van der Waals surface area contributed by atoms with Crippen LogP contribution in [-0.4, -0.2) is 52.1 Å². The monoisotopic (exact) mass is 615 g/mol.